The molecule has 0 amide bonds. The number of unbranched alkanes of at least 4 members (excludes halogenated alkanes) is 1. The average Bonchev–Trinajstić information content (AvgIpc) is 2.60. The van der Waals surface area contributed by atoms with Crippen LogP contribution in [-0.4, -0.2) is 11.5 Å². The summed E-state index contributed by atoms with van der Waals surface area (Å²) in [7, 11) is 0. The number of nitrogens with zero attached hydrogens (tertiary/aromatic N) is 1. The van der Waals surface area contributed by atoms with Gasteiger partial charge in [-0.2, -0.15) is 0 Å². The Morgan fingerprint density at radius 2 is 2.20 bits per heavy atom. The van der Waals surface area contributed by atoms with Crippen LogP contribution >= 0.6 is 11.3 Å². The molecule has 80 valence electrons. The smallest absolute Gasteiger partial charge is 0.125 e. The van der Waals surface area contributed by atoms with Crippen molar-refractivity contribution in [2.45, 2.75) is 19.3 Å². The molecule has 0 aliphatic carbocycles. The SMILES string of the molecule is NCCCCc1nc2cc(F)ccc2s1. The topological polar surface area (TPSA) is 38.9 Å². The van der Waals surface area contributed by atoms with Gasteiger partial charge < -0.3 is 5.73 Å². The summed E-state index contributed by atoms with van der Waals surface area (Å²) in [5.41, 5.74) is 6.19. The van der Waals surface area contributed by atoms with Gasteiger partial charge in [-0.25, -0.2) is 9.37 Å². The molecule has 0 radical (unpaired) electrons. The second-order valence-electron chi connectivity index (χ2n) is 3.47. The number of benzene rings is 1. The molecule has 0 fully saturated rings. The van der Waals surface area contributed by atoms with E-state index < -0.39 is 0 Å². The molecule has 2 nitrogen and oxygen atoms in total. The van der Waals surface area contributed by atoms with Gasteiger partial charge in [0.05, 0.1) is 15.2 Å². The summed E-state index contributed by atoms with van der Waals surface area (Å²) in [6.45, 7) is 0.722. The molecular weight excluding hydrogens is 211 g/mol. The summed E-state index contributed by atoms with van der Waals surface area (Å²) in [5.74, 6) is -0.221. The van der Waals surface area contributed by atoms with Crippen LogP contribution in [0, 0.1) is 5.82 Å². The van der Waals surface area contributed by atoms with E-state index in [4.69, 9.17) is 5.73 Å². The Hall–Kier alpha value is -1.00. The zero-order chi connectivity index (χ0) is 10.7. The number of hydrogen-bond donors (Lipinski definition) is 1. The predicted molar refractivity (Wildman–Crippen MR) is 61.6 cm³/mol. The highest BCUT2D eigenvalue weighted by Gasteiger charge is 2.04. The lowest BCUT2D eigenvalue weighted by atomic mass is 10.2. The number of fused-ring (bicyclic) bond motifs is 1. The maximum Gasteiger partial charge on any atom is 0.125 e. The lowest BCUT2D eigenvalue weighted by molar-refractivity contribution is 0.629. The Balaban J connectivity index is 2.16. The Labute approximate surface area is 91.9 Å². The first-order chi connectivity index (χ1) is 7.29. The highest BCUT2D eigenvalue weighted by Crippen LogP contribution is 2.23. The van der Waals surface area contributed by atoms with E-state index in [1.54, 1.807) is 17.4 Å². The van der Waals surface area contributed by atoms with E-state index in [-0.39, 0.29) is 5.82 Å². The van der Waals surface area contributed by atoms with Crippen molar-refractivity contribution >= 4 is 21.6 Å². The predicted octanol–water partition coefficient (Wildman–Crippen LogP) is 2.72. The number of aryl methyl sites for hydroxylation is 1. The van der Waals surface area contributed by atoms with Crippen molar-refractivity contribution in [3.05, 3.63) is 29.0 Å². The van der Waals surface area contributed by atoms with Gasteiger partial charge in [0, 0.05) is 6.07 Å². The number of hydrogen-bond acceptors (Lipinski definition) is 3. The van der Waals surface area contributed by atoms with Crippen LogP contribution in [-0.2, 0) is 6.42 Å². The first-order valence-electron chi connectivity index (χ1n) is 5.04. The second-order valence-corrected chi connectivity index (χ2v) is 4.58. The van der Waals surface area contributed by atoms with Crippen molar-refractivity contribution in [3.63, 3.8) is 0 Å². The fourth-order valence-electron chi connectivity index (χ4n) is 1.48. The van der Waals surface area contributed by atoms with E-state index in [0.29, 0.717) is 0 Å². The van der Waals surface area contributed by atoms with Gasteiger partial charge in [0.2, 0.25) is 0 Å². The first kappa shape index (κ1) is 10.5. The number of halogens is 1. The van der Waals surface area contributed by atoms with Crippen LogP contribution in [0.15, 0.2) is 18.2 Å². The van der Waals surface area contributed by atoms with Gasteiger partial charge in [-0.3, -0.25) is 0 Å². The van der Waals surface area contributed by atoms with Crippen LogP contribution in [0.3, 0.4) is 0 Å². The van der Waals surface area contributed by atoms with E-state index in [9.17, 15) is 4.39 Å². The minimum Gasteiger partial charge on any atom is -0.330 e. The molecule has 4 heteroatoms. The zero-order valence-corrected chi connectivity index (χ0v) is 9.19. The van der Waals surface area contributed by atoms with Crippen LogP contribution in [0.1, 0.15) is 17.8 Å². The van der Waals surface area contributed by atoms with Gasteiger partial charge in [-0.05, 0) is 37.9 Å². The van der Waals surface area contributed by atoms with Gasteiger partial charge in [0.15, 0.2) is 0 Å². The van der Waals surface area contributed by atoms with E-state index in [1.807, 2.05) is 0 Å². The third-order valence-electron chi connectivity index (χ3n) is 2.24. The summed E-state index contributed by atoms with van der Waals surface area (Å²) in [4.78, 5) is 4.38. The van der Waals surface area contributed by atoms with Crippen molar-refractivity contribution in [3.8, 4) is 0 Å². The van der Waals surface area contributed by atoms with Gasteiger partial charge in [0.1, 0.15) is 5.82 Å². The molecule has 1 aromatic heterocycles. The van der Waals surface area contributed by atoms with Crippen molar-refractivity contribution in [2.75, 3.05) is 6.54 Å². The van der Waals surface area contributed by atoms with Crippen LogP contribution in [0.4, 0.5) is 4.39 Å². The fourth-order valence-corrected chi connectivity index (χ4v) is 2.47. The second kappa shape index (κ2) is 4.68. The van der Waals surface area contributed by atoms with Crippen LogP contribution < -0.4 is 5.73 Å². The highest BCUT2D eigenvalue weighted by molar-refractivity contribution is 7.18. The minimum absolute atomic E-state index is 0.221. The summed E-state index contributed by atoms with van der Waals surface area (Å²) in [6, 6.07) is 4.75. The molecule has 1 aromatic carbocycles. The zero-order valence-electron chi connectivity index (χ0n) is 8.37. The van der Waals surface area contributed by atoms with Crippen molar-refractivity contribution in [1.82, 2.24) is 4.98 Å². The summed E-state index contributed by atoms with van der Waals surface area (Å²) >= 11 is 1.64. The third-order valence-corrected chi connectivity index (χ3v) is 3.33. The molecule has 1 heterocycles. The fraction of sp³-hybridized carbons (Fsp3) is 0.364. The highest BCUT2D eigenvalue weighted by atomic mass is 32.1. The van der Waals surface area contributed by atoms with Gasteiger partial charge >= 0.3 is 0 Å². The van der Waals surface area contributed by atoms with E-state index in [0.717, 1.165) is 41.0 Å². The lowest BCUT2D eigenvalue weighted by Gasteiger charge is -1.92. The van der Waals surface area contributed by atoms with E-state index >= 15 is 0 Å². The van der Waals surface area contributed by atoms with Gasteiger partial charge in [-0.15, -0.1) is 11.3 Å². The maximum absolute atomic E-state index is 12.9. The normalized spacial score (nSPS) is 11.1. The molecular formula is C11H13FN2S. The molecule has 0 saturated heterocycles. The molecule has 0 aliphatic heterocycles. The van der Waals surface area contributed by atoms with Gasteiger partial charge in [0.25, 0.3) is 0 Å². The molecule has 2 N–H and O–H groups in total. The van der Waals surface area contributed by atoms with Crippen LogP contribution in [0.25, 0.3) is 10.2 Å². The minimum atomic E-state index is -0.221. The standard InChI is InChI=1S/C11H13FN2S/c12-8-4-5-10-9(7-8)14-11(15-10)3-1-2-6-13/h4-5,7H,1-3,6,13H2. The third kappa shape index (κ3) is 2.52. The van der Waals surface area contributed by atoms with Crippen LogP contribution in [0.2, 0.25) is 0 Å². The molecule has 0 unspecified atom stereocenters. The van der Waals surface area contributed by atoms with Crippen molar-refractivity contribution in [2.24, 2.45) is 5.73 Å². The Morgan fingerprint density at radius 3 is 3.00 bits per heavy atom. The molecule has 0 saturated carbocycles. The Kier molecular flexibility index (Phi) is 3.28. The van der Waals surface area contributed by atoms with Crippen LogP contribution in [0.5, 0.6) is 0 Å². The maximum atomic E-state index is 12.9. The Morgan fingerprint density at radius 1 is 1.33 bits per heavy atom. The summed E-state index contributed by atoms with van der Waals surface area (Å²) in [5, 5.41) is 1.07. The first-order valence-corrected chi connectivity index (χ1v) is 5.86. The number of nitrogens with two attached hydrogens (primary N) is 1. The van der Waals surface area contributed by atoms with E-state index in [2.05, 4.69) is 4.98 Å². The molecule has 2 rings (SSSR count). The number of aromatic nitrogens is 1. The molecule has 0 aliphatic rings. The van der Waals surface area contributed by atoms with E-state index in [1.165, 1.54) is 12.1 Å². The molecule has 0 atom stereocenters. The van der Waals surface area contributed by atoms with Gasteiger partial charge in [-0.1, -0.05) is 0 Å². The van der Waals surface area contributed by atoms with Crippen molar-refractivity contribution < 1.29 is 4.39 Å². The molecule has 0 bridgehead atoms. The molecule has 2 aromatic rings. The largest absolute Gasteiger partial charge is 0.330 e. The number of thiazole rings is 1. The summed E-state index contributed by atoms with van der Waals surface area (Å²) < 4.78 is 14.0. The summed E-state index contributed by atoms with van der Waals surface area (Å²) in [6.07, 6.45) is 3.02. The molecule has 15 heavy (non-hydrogen) atoms. The quantitative estimate of drug-likeness (QED) is 0.811. The lowest BCUT2D eigenvalue weighted by Crippen LogP contribution is -1.98. The molecule has 0 spiro atoms. The monoisotopic (exact) mass is 224 g/mol. The number of rotatable bonds is 4. The Bertz CT molecular complexity index is 453. The van der Waals surface area contributed by atoms with Crippen molar-refractivity contribution in [1.29, 1.82) is 0 Å². The average molecular weight is 224 g/mol.